The number of nitrogens with one attached hydrogen (secondary N) is 2. The van der Waals surface area contributed by atoms with Gasteiger partial charge in [-0.05, 0) is 34.2 Å². The Kier molecular flexibility index (Phi) is 4.39. The fourth-order valence-corrected chi connectivity index (χ4v) is 2.52. The molecule has 0 aliphatic heterocycles. The lowest BCUT2D eigenvalue weighted by molar-refractivity contribution is 0.102. The van der Waals surface area contributed by atoms with Crippen LogP contribution in [0.4, 0.5) is 5.95 Å². The Morgan fingerprint density at radius 1 is 1.41 bits per heavy atom. The zero-order valence-corrected chi connectivity index (χ0v) is 14.0. The van der Waals surface area contributed by atoms with Crippen LogP contribution in [-0.4, -0.2) is 30.9 Å². The first kappa shape index (κ1) is 15.0. The molecule has 3 rings (SSSR count). The number of anilines is 1. The van der Waals surface area contributed by atoms with E-state index in [0.29, 0.717) is 17.3 Å². The highest BCUT2D eigenvalue weighted by Crippen LogP contribution is 2.16. The Bertz CT molecular complexity index is 814. The van der Waals surface area contributed by atoms with E-state index in [1.54, 1.807) is 10.9 Å². The predicted octanol–water partition coefficient (Wildman–Crippen LogP) is 2.56. The Labute approximate surface area is 144 Å². The number of hydrogen-bond acceptors (Lipinski definition) is 4. The number of benzene rings is 1. The second kappa shape index (κ2) is 6.44. The second-order valence-corrected chi connectivity index (χ2v) is 5.97. The Morgan fingerprint density at radius 2 is 2.23 bits per heavy atom. The summed E-state index contributed by atoms with van der Waals surface area (Å²) in [6, 6.07) is 7.50. The number of rotatable bonds is 4. The summed E-state index contributed by atoms with van der Waals surface area (Å²) in [7, 11) is 0. The normalized spacial score (nSPS) is 10.6. The van der Waals surface area contributed by atoms with Gasteiger partial charge in [-0.1, -0.05) is 29.8 Å². The van der Waals surface area contributed by atoms with E-state index < -0.39 is 0 Å². The molecule has 22 heavy (non-hydrogen) atoms. The Morgan fingerprint density at radius 3 is 2.95 bits per heavy atom. The average molecular weight is 429 g/mol. The van der Waals surface area contributed by atoms with Crippen LogP contribution in [0.3, 0.4) is 0 Å². The van der Waals surface area contributed by atoms with Crippen molar-refractivity contribution in [3.63, 3.8) is 0 Å². The summed E-state index contributed by atoms with van der Waals surface area (Å²) >= 11 is 8.13. The third-order valence-electron chi connectivity index (χ3n) is 2.87. The van der Waals surface area contributed by atoms with Gasteiger partial charge in [0.25, 0.3) is 5.91 Å². The number of carbonyl (C=O) groups excluding carboxylic acids is 1. The summed E-state index contributed by atoms with van der Waals surface area (Å²) in [5.41, 5.74) is 1.30. The number of aromatic amines is 1. The molecule has 0 bridgehead atoms. The third kappa shape index (κ3) is 3.28. The van der Waals surface area contributed by atoms with Crippen LogP contribution in [0.15, 0.2) is 36.8 Å². The predicted molar refractivity (Wildman–Crippen MR) is 89.8 cm³/mol. The van der Waals surface area contributed by atoms with E-state index in [1.165, 1.54) is 6.33 Å². The van der Waals surface area contributed by atoms with Gasteiger partial charge in [0.15, 0.2) is 0 Å². The fourth-order valence-electron chi connectivity index (χ4n) is 1.82. The van der Waals surface area contributed by atoms with E-state index in [4.69, 9.17) is 11.6 Å². The first-order chi connectivity index (χ1) is 10.6. The number of halogens is 2. The molecule has 0 saturated heterocycles. The highest BCUT2D eigenvalue weighted by atomic mass is 127. The van der Waals surface area contributed by atoms with E-state index in [9.17, 15) is 4.79 Å². The lowest BCUT2D eigenvalue weighted by Gasteiger charge is -2.03. The molecule has 9 heteroatoms. The number of carbonyl (C=O) groups is 1. The second-order valence-electron chi connectivity index (χ2n) is 4.40. The van der Waals surface area contributed by atoms with E-state index in [1.807, 2.05) is 46.9 Å². The topological polar surface area (TPSA) is 88.5 Å². The van der Waals surface area contributed by atoms with Gasteiger partial charge in [0.05, 0.1) is 16.3 Å². The molecule has 112 valence electrons. The molecule has 0 unspecified atom stereocenters. The van der Waals surface area contributed by atoms with Crippen molar-refractivity contribution in [3.8, 4) is 0 Å². The molecule has 7 nitrogen and oxygen atoms in total. The highest BCUT2D eigenvalue weighted by molar-refractivity contribution is 14.1. The van der Waals surface area contributed by atoms with Crippen molar-refractivity contribution in [3.05, 3.63) is 56.6 Å². The van der Waals surface area contributed by atoms with Gasteiger partial charge in [0.1, 0.15) is 12.0 Å². The van der Waals surface area contributed by atoms with E-state index in [0.717, 1.165) is 9.13 Å². The van der Waals surface area contributed by atoms with Crippen molar-refractivity contribution in [1.82, 2.24) is 25.0 Å². The number of hydrogen-bond donors (Lipinski definition) is 2. The van der Waals surface area contributed by atoms with Crippen LogP contribution in [0, 0.1) is 3.57 Å². The van der Waals surface area contributed by atoms with Crippen molar-refractivity contribution in [2.45, 2.75) is 6.54 Å². The molecule has 2 aromatic heterocycles. The van der Waals surface area contributed by atoms with E-state index >= 15 is 0 Å². The maximum atomic E-state index is 12.0. The lowest BCUT2D eigenvalue weighted by atomic mass is 10.2. The highest BCUT2D eigenvalue weighted by Gasteiger charge is 2.14. The van der Waals surface area contributed by atoms with Gasteiger partial charge in [0.2, 0.25) is 5.95 Å². The monoisotopic (exact) mass is 428 g/mol. The standard InChI is InChI=1S/C13H10ClIN6O/c14-9-4-2-1-3-8(9)6-21-7-16-13(20-21)18-12(22)11-10(15)5-17-19-11/h1-5,7H,6H2,(H,17,19)(H,18,20,22). The molecule has 0 saturated carbocycles. The van der Waals surface area contributed by atoms with Crippen LogP contribution in [0.25, 0.3) is 0 Å². The van der Waals surface area contributed by atoms with Crippen LogP contribution in [0.5, 0.6) is 0 Å². The maximum Gasteiger partial charge on any atom is 0.277 e. The maximum absolute atomic E-state index is 12.0. The summed E-state index contributed by atoms with van der Waals surface area (Å²) in [6.07, 6.45) is 3.11. The van der Waals surface area contributed by atoms with Gasteiger partial charge in [-0.3, -0.25) is 15.2 Å². The molecule has 3 aromatic rings. The van der Waals surface area contributed by atoms with Crippen molar-refractivity contribution in [2.75, 3.05) is 5.32 Å². The molecule has 1 aromatic carbocycles. The largest absolute Gasteiger partial charge is 0.288 e. The molecule has 0 aliphatic carbocycles. The van der Waals surface area contributed by atoms with Gasteiger partial charge in [-0.25, -0.2) is 9.67 Å². The first-order valence-corrected chi connectivity index (χ1v) is 7.72. The molecule has 0 fully saturated rings. The number of aromatic nitrogens is 5. The summed E-state index contributed by atoms with van der Waals surface area (Å²) < 4.78 is 2.33. The minimum atomic E-state index is -0.336. The number of amides is 1. The third-order valence-corrected chi connectivity index (χ3v) is 4.06. The van der Waals surface area contributed by atoms with Gasteiger partial charge >= 0.3 is 0 Å². The van der Waals surface area contributed by atoms with Crippen LogP contribution in [0.1, 0.15) is 16.1 Å². The van der Waals surface area contributed by atoms with E-state index in [-0.39, 0.29) is 11.9 Å². The first-order valence-electron chi connectivity index (χ1n) is 6.26. The fraction of sp³-hybridized carbons (Fsp3) is 0.0769. The summed E-state index contributed by atoms with van der Waals surface area (Å²) in [4.78, 5) is 16.1. The van der Waals surface area contributed by atoms with Crippen molar-refractivity contribution in [1.29, 1.82) is 0 Å². The molecule has 0 radical (unpaired) electrons. The average Bonchev–Trinajstić information content (AvgIpc) is 3.10. The summed E-state index contributed by atoms with van der Waals surface area (Å²) in [5, 5.41) is 13.9. The zero-order chi connectivity index (χ0) is 15.5. The molecular formula is C13H10ClIN6O. The van der Waals surface area contributed by atoms with Crippen LogP contribution in [-0.2, 0) is 6.54 Å². The minimum absolute atomic E-state index is 0.224. The van der Waals surface area contributed by atoms with E-state index in [2.05, 4.69) is 25.6 Å². The van der Waals surface area contributed by atoms with Crippen LogP contribution in [0.2, 0.25) is 5.02 Å². The Hall–Kier alpha value is -1.94. The van der Waals surface area contributed by atoms with Crippen molar-refractivity contribution in [2.24, 2.45) is 0 Å². The Balaban J connectivity index is 1.70. The molecule has 2 heterocycles. The van der Waals surface area contributed by atoms with Crippen LogP contribution < -0.4 is 5.32 Å². The lowest BCUT2D eigenvalue weighted by Crippen LogP contribution is -2.15. The minimum Gasteiger partial charge on any atom is -0.288 e. The molecule has 2 N–H and O–H groups in total. The van der Waals surface area contributed by atoms with Crippen molar-refractivity contribution >= 4 is 46.0 Å². The van der Waals surface area contributed by atoms with Crippen LogP contribution >= 0.6 is 34.2 Å². The zero-order valence-electron chi connectivity index (χ0n) is 11.1. The molecule has 0 spiro atoms. The smallest absolute Gasteiger partial charge is 0.277 e. The van der Waals surface area contributed by atoms with Gasteiger partial charge in [-0.15, -0.1) is 5.10 Å². The molecule has 0 atom stereocenters. The summed E-state index contributed by atoms with van der Waals surface area (Å²) in [5.74, 6) is -0.111. The molecule has 1 amide bonds. The van der Waals surface area contributed by atoms with Gasteiger partial charge in [-0.2, -0.15) is 5.10 Å². The van der Waals surface area contributed by atoms with Gasteiger partial charge < -0.3 is 0 Å². The van der Waals surface area contributed by atoms with Gasteiger partial charge in [0, 0.05) is 5.02 Å². The number of nitrogens with zero attached hydrogens (tertiary/aromatic N) is 4. The summed E-state index contributed by atoms with van der Waals surface area (Å²) in [6.45, 7) is 0.476. The SMILES string of the molecule is O=C(Nc1ncn(Cc2ccccc2Cl)n1)c1[nH]ncc1I. The molecule has 0 aliphatic rings. The number of H-pyrrole nitrogens is 1. The molecular weight excluding hydrogens is 419 g/mol. The van der Waals surface area contributed by atoms with Crippen molar-refractivity contribution < 1.29 is 4.79 Å². The quantitative estimate of drug-likeness (QED) is 0.625.